The second-order valence-corrected chi connectivity index (χ2v) is 20.4. The van der Waals surface area contributed by atoms with Gasteiger partial charge in [-0.3, -0.25) is 14.4 Å². The van der Waals surface area contributed by atoms with Gasteiger partial charge >= 0.3 is 17.9 Å². The zero-order valence-electron chi connectivity index (χ0n) is 42.7. The van der Waals surface area contributed by atoms with Crippen LogP contribution in [-0.4, -0.2) is 37.2 Å². The van der Waals surface area contributed by atoms with E-state index in [2.05, 4.69) is 41.5 Å². The highest BCUT2D eigenvalue weighted by molar-refractivity contribution is 5.71. The molecule has 0 aliphatic rings. The molecule has 0 aromatic heterocycles. The maximum atomic E-state index is 12.7. The summed E-state index contributed by atoms with van der Waals surface area (Å²) >= 11 is 0. The number of ether oxygens (including phenoxy) is 3. The quantitative estimate of drug-likeness (QED) is 0.0344. The van der Waals surface area contributed by atoms with Gasteiger partial charge in [-0.05, 0) is 37.0 Å². The predicted molar refractivity (Wildman–Crippen MR) is 266 cm³/mol. The van der Waals surface area contributed by atoms with Gasteiger partial charge in [-0.1, -0.05) is 266 Å². The van der Waals surface area contributed by atoms with E-state index in [0.717, 1.165) is 75.5 Å². The summed E-state index contributed by atoms with van der Waals surface area (Å²) in [6.07, 6.45) is 48.3. The van der Waals surface area contributed by atoms with Crippen LogP contribution in [-0.2, 0) is 28.6 Å². The Bertz CT molecular complexity index is 962. The SMILES string of the molecule is CCC(C)CCCCCCCCCCCCCCCCCCCCC(=O)OC[C@@H](COC(=O)CCCCCCCCCCCCC(C)C)OC(=O)CCCCCCCCC(C)C. The normalized spacial score (nSPS) is 12.6. The molecule has 0 heterocycles. The summed E-state index contributed by atoms with van der Waals surface area (Å²) < 4.78 is 16.8. The molecule has 0 aliphatic carbocycles. The molecule has 0 fully saturated rings. The number of rotatable bonds is 49. The fourth-order valence-corrected chi connectivity index (χ4v) is 8.44. The first-order valence-electron chi connectivity index (χ1n) is 27.6. The molecule has 0 amide bonds. The van der Waals surface area contributed by atoms with Crippen LogP contribution in [0.4, 0.5) is 0 Å². The van der Waals surface area contributed by atoms with Gasteiger partial charge in [-0.15, -0.1) is 0 Å². The third-order valence-electron chi connectivity index (χ3n) is 13.0. The zero-order chi connectivity index (χ0) is 45.6. The minimum Gasteiger partial charge on any atom is -0.462 e. The maximum Gasteiger partial charge on any atom is 0.306 e. The molecule has 368 valence electrons. The van der Waals surface area contributed by atoms with Crippen molar-refractivity contribution in [3.63, 3.8) is 0 Å². The highest BCUT2D eigenvalue weighted by Gasteiger charge is 2.19. The molecule has 0 aliphatic heterocycles. The molecule has 0 rings (SSSR count). The summed E-state index contributed by atoms with van der Waals surface area (Å²) in [6.45, 7) is 13.7. The fourth-order valence-electron chi connectivity index (χ4n) is 8.44. The van der Waals surface area contributed by atoms with Crippen LogP contribution in [0.3, 0.4) is 0 Å². The molecule has 6 nitrogen and oxygen atoms in total. The van der Waals surface area contributed by atoms with Crippen LogP contribution in [0.15, 0.2) is 0 Å². The summed E-state index contributed by atoms with van der Waals surface area (Å²) in [7, 11) is 0. The first-order valence-corrected chi connectivity index (χ1v) is 27.6. The Morgan fingerprint density at radius 3 is 0.839 bits per heavy atom. The third kappa shape index (κ3) is 47.9. The molecule has 6 heteroatoms. The van der Waals surface area contributed by atoms with Gasteiger partial charge in [0, 0.05) is 19.3 Å². The Balaban J connectivity index is 4.15. The molecule has 0 N–H and O–H groups in total. The minimum absolute atomic E-state index is 0.0653. The maximum absolute atomic E-state index is 12.7. The molecule has 0 radical (unpaired) electrons. The summed E-state index contributed by atoms with van der Waals surface area (Å²) in [4.78, 5) is 37.9. The van der Waals surface area contributed by atoms with Crippen molar-refractivity contribution in [2.75, 3.05) is 13.2 Å². The van der Waals surface area contributed by atoms with Crippen molar-refractivity contribution in [1.82, 2.24) is 0 Å². The smallest absolute Gasteiger partial charge is 0.306 e. The molecule has 0 saturated carbocycles. The Hall–Kier alpha value is -1.59. The van der Waals surface area contributed by atoms with Crippen LogP contribution in [0.2, 0.25) is 0 Å². The number of esters is 3. The lowest BCUT2D eigenvalue weighted by Gasteiger charge is -2.18. The van der Waals surface area contributed by atoms with Crippen LogP contribution in [0.25, 0.3) is 0 Å². The standard InChI is InChI=1S/C56H108O6/c1-7-52(6)44-38-32-25-21-16-14-12-10-8-9-11-13-15-17-22-26-33-39-45-54(57)60-48-53(62-56(59)47-41-35-29-28-31-37-43-51(4)5)49-61-55(58)46-40-34-27-23-19-18-20-24-30-36-42-50(2)3/h50-53H,7-49H2,1-6H3/t52?,53-/m0/s1. The van der Waals surface area contributed by atoms with Crippen LogP contribution in [0.5, 0.6) is 0 Å². The van der Waals surface area contributed by atoms with Crippen molar-refractivity contribution in [1.29, 1.82) is 0 Å². The van der Waals surface area contributed by atoms with Crippen molar-refractivity contribution in [3.8, 4) is 0 Å². The average molecular weight is 877 g/mol. The van der Waals surface area contributed by atoms with Crippen molar-refractivity contribution >= 4 is 17.9 Å². The van der Waals surface area contributed by atoms with Gasteiger partial charge in [-0.2, -0.15) is 0 Å². The second kappa shape index (κ2) is 47.4. The largest absolute Gasteiger partial charge is 0.462 e. The zero-order valence-corrected chi connectivity index (χ0v) is 42.7. The van der Waals surface area contributed by atoms with Crippen LogP contribution in [0, 0.1) is 17.8 Å². The lowest BCUT2D eigenvalue weighted by molar-refractivity contribution is -0.167. The van der Waals surface area contributed by atoms with E-state index in [1.54, 1.807) is 0 Å². The summed E-state index contributed by atoms with van der Waals surface area (Å²) in [5, 5.41) is 0. The van der Waals surface area contributed by atoms with E-state index in [1.165, 1.54) is 186 Å². The highest BCUT2D eigenvalue weighted by atomic mass is 16.6. The number of hydrogen-bond acceptors (Lipinski definition) is 6. The summed E-state index contributed by atoms with van der Waals surface area (Å²) in [5.41, 5.74) is 0. The lowest BCUT2D eigenvalue weighted by Crippen LogP contribution is -2.30. The molecule has 1 unspecified atom stereocenters. The van der Waals surface area contributed by atoms with E-state index in [-0.39, 0.29) is 31.1 Å². The van der Waals surface area contributed by atoms with E-state index in [1.807, 2.05) is 0 Å². The van der Waals surface area contributed by atoms with Crippen molar-refractivity contribution in [3.05, 3.63) is 0 Å². The summed E-state index contributed by atoms with van der Waals surface area (Å²) in [5.74, 6) is 1.63. The molecular weight excluding hydrogens is 769 g/mol. The van der Waals surface area contributed by atoms with Crippen LogP contribution < -0.4 is 0 Å². The Morgan fingerprint density at radius 2 is 0.565 bits per heavy atom. The Labute approximate surface area is 387 Å². The van der Waals surface area contributed by atoms with Gasteiger partial charge in [-0.25, -0.2) is 0 Å². The first-order chi connectivity index (χ1) is 30.1. The molecule has 0 aromatic rings. The number of unbranched alkanes of at least 4 members (excludes halogenated alkanes) is 31. The number of carbonyl (C=O) groups is 3. The number of carbonyl (C=O) groups excluding carboxylic acids is 3. The molecular formula is C56H108O6. The van der Waals surface area contributed by atoms with Gasteiger partial charge in [0.15, 0.2) is 6.10 Å². The van der Waals surface area contributed by atoms with E-state index in [9.17, 15) is 14.4 Å². The number of hydrogen-bond donors (Lipinski definition) is 0. The van der Waals surface area contributed by atoms with Crippen molar-refractivity contribution in [2.45, 2.75) is 311 Å². The lowest BCUT2D eigenvalue weighted by atomic mass is 9.99. The molecule has 0 aromatic carbocycles. The average Bonchev–Trinajstić information content (AvgIpc) is 3.24. The Morgan fingerprint density at radius 1 is 0.323 bits per heavy atom. The van der Waals surface area contributed by atoms with Crippen molar-refractivity contribution < 1.29 is 28.6 Å². The van der Waals surface area contributed by atoms with Gasteiger partial charge in [0.2, 0.25) is 0 Å². The monoisotopic (exact) mass is 877 g/mol. The molecule has 0 spiro atoms. The van der Waals surface area contributed by atoms with Gasteiger partial charge < -0.3 is 14.2 Å². The third-order valence-corrected chi connectivity index (χ3v) is 13.0. The predicted octanol–water partition coefficient (Wildman–Crippen LogP) is 17.9. The van der Waals surface area contributed by atoms with Crippen LogP contribution >= 0.6 is 0 Å². The Kier molecular flexibility index (Phi) is 46.2. The molecule has 2 atom stereocenters. The van der Waals surface area contributed by atoms with Gasteiger partial charge in [0.05, 0.1) is 0 Å². The van der Waals surface area contributed by atoms with Gasteiger partial charge in [0.25, 0.3) is 0 Å². The van der Waals surface area contributed by atoms with E-state index < -0.39 is 6.10 Å². The summed E-state index contributed by atoms with van der Waals surface area (Å²) in [6, 6.07) is 0. The van der Waals surface area contributed by atoms with Crippen molar-refractivity contribution in [2.24, 2.45) is 17.8 Å². The second-order valence-electron chi connectivity index (χ2n) is 20.4. The molecule has 62 heavy (non-hydrogen) atoms. The molecule has 0 bridgehead atoms. The molecule has 0 saturated heterocycles. The fraction of sp³-hybridized carbons (Fsp3) is 0.946. The van der Waals surface area contributed by atoms with Crippen LogP contribution in [0.1, 0.15) is 305 Å². The van der Waals surface area contributed by atoms with E-state index >= 15 is 0 Å². The first kappa shape index (κ1) is 60.4. The van der Waals surface area contributed by atoms with E-state index in [0.29, 0.717) is 19.3 Å². The van der Waals surface area contributed by atoms with Gasteiger partial charge in [0.1, 0.15) is 13.2 Å². The topological polar surface area (TPSA) is 78.9 Å². The van der Waals surface area contributed by atoms with E-state index in [4.69, 9.17) is 14.2 Å². The highest BCUT2D eigenvalue weighted by Crippen LogP contribution is 2.18. The minimum atomic E-state index is -0.763.